The van der Waals surface area contributed by atoms with Crippen molar-refractivity contribution in [3.8, 4) is 0 Å². The molecule has 0 unspecified atom stereocenters. The summed E-state index contributed by atoms with van der Waals surface area (Å²) >= 11 is 1.63. The molecule has 4 heteroatoms. The second-order valence-corrected chi connectivity index (χ2v) is 6.39. The van der Waals surface area contributed by atoms with Gasteiger partial charge in [-0.3, -0.25) is 9.20 Å². The highest BCUT2D eigenvalue weighted by atomic mass is 32.1. The molecule has 1 fully saturated rings. The topological polar surface area (TPSA) is 34.4 Å². The number of fused-ring (bicyclic) bond motifs is 2. The minimum absolute atomic E-state index is 0.0322. The summed E-state index contributed by atoms with van der Waals surface area (Å²) in [4.78, 5) is 19.3. The number of thiophene rings is 1. The average molecular weight is 282 g/mol. The first-order valence-electron chi connectivity index (χ1n) is 6.75. The molecule has 20 heavy (non-hydrogen) atoms. The summed E-state index contributed by atoms with van der Waals surface area (Å²) in [6.45, 7) is 4.13. The van der Waals surface area contributed by atoms with E-state index in [1.807, 2.05) is 25.1 Å². The summed E-state index contributed by atoms with van der Waals surface area (Å²) in [6, 6.07) is 5.88. The van der Waals surface area contributed by atoms with Gasteiger partial charge in [-0.05, 0) is 50.0 Å². The predicted molar refractivity (Wildman–Crippen MR) is 83.4 cm³/mol. The Kier molecular flexibility index (Phi) is 2.39. The van der Waals surface area contributed by atoms with Gasteiger partial charge in [0, 0.05) is 11.1 Å². The van der Waals surface area contributed by atoms with Gasteiger partial charge in [0.05, 0.1) is 5.39 Å². The molecule has 3 aromatic heterocycles. The molecule has 3 aromatic rings. The number of hydrogen-bond donors (Lipinski definition) is 0. The summed E-state index contributed by atoms with van der Waals surface area (Å²) in [5, 5.41) is 0.730. The van der Waals surface area contributed by atoms with E-state index >= 15 is 0 Å². The highest BCUT2D eigenvalue weighted by molar-refractivity contribution is 7.19. The Labute approximate surface area is 120 Å². The fourth-order valence-corrected chi connectivity index (χ4v) is 3.63. The van der Waals surface area contributed by atoms with Crippen LogP contribution in [-0.2, 0) is 0 Å². The molecule has 0 amide bonds. The monoisotopic (exact) mass is 282 g/mol. The van der Waals surface area contributed by atoms with Gasteiger partial charge in [0.2, 0.25) is 0 Å². The first-order chi connectivity index (χ1) is 9.65. The minimum atomic E-state index is 0.0322. The van der Waals surface area contributed by atoms with Crippen molar-refractivity contribution >= 4 is 32.8 Å². The Balaban J connectivity index is 2.10. The summed E-state index contributed by atoms with van der Waals surface area (Å²) in [7, 11) is 0. The molecule has 1 aliphatic rings. The molecule has 0 N–H and O–H groups in total. The van der Waals surface area contributed by atoms with E-state index in [2.05, 4.69) is 11.9 Å². The van der Waals surface area contributed by atoms with Crippen molar-refractivity contribution in [3.05, 3.63) is 50.8 Å². The van der Waals surface area contributed by atoms with Crippen LogP contribution in [-0.4, -0.2) is 9.38 Å². The molecule has 3 heterocycles. The van der Waals surface area contributed by atoms with Gasteiger partial charge < -0.3 is 0 Å². The molecule has 0 aromatic carbocycles. The lowest BCUT2D eigenvalue weighted by molar-refractivity contribution is 1.07. The summed E-state index contributed by atoms with van der Waals surface area (Å²) in [5.74, 6) is 0. The van der Waals surface area contributed by atoms with Crippen molar-refractivity contribution < 1.29 is 0 Å². The van der Waals surface area contributed by atoms with Gasteiger partial charge >= 0.3 is 0 Å². The molecular formula is C16H14N2OS. The van der Waals surface area contributed by atoms with Crippen LogP contribution in [0.5, 0.6) is 0 Å². The fourth-order valence-electron chi connectivity index (χ4n) is 2.55. The highest BCUT2D eigenvalue weighted by Crippen LogP contribution is 2.39. The Hall–Kier alpha value is -1.94. The van der Waals surface area contributed by atoms with Gasteiger partial charge in [-0.2, -0.15) is 0 Å². The number of hydrogen-bond acceptors (Lipinski definition) is 3. The van der Waals surface area contributed by atoms with Crippen LogP contribution in [0.1, 0.15) is 30.2 Å². The van der Waals surface area contributed by atoms with E-state index in [1.165, 1.54) is 28.9 Å². The van der Waals surface area contributed by atoms with Crippen LogP contribution >= 0.6 is 11.3 Å². The molecule has 0 spiro atoms. The van der Waals surface area contributed by atoms with E-state index in [1.54, 1.807) is 21.9 Å². The van der Waals surface area contributed by atoms with Crippen molar-refractivity contribution in [2.24, 2.45) is 0 Å². The Morgan fingerprint density at radius 1 is 1.40 bits per heavy atom. The van der Waals surface area contributed by atoms with Crippen molar-refractivity contribution in [2.75, 3.05) is 0 Å². The van der Waals surface area contributed by atoms with E-state index in [-0.39, 0.29) is 5.56 Å². The molecule has 1 aliphatic carbocycles. The smallest absolute Gasteiger partial charge is 0.266 e. The van der Waals surface area contributed by atoms with Crippen LogP contribution in [0.25, 0.3) is 21.4 Å². The van der Waals surface area contributed by atoms with E-state index in [9.17, 15) is 4.79 Å². The van der Waals surface area contributed by atoms with E-state index in [0.717, 1.165) is 21.4 Å². The summed E-state index contributed by atoms with van der Waals surface area (Å²) in [6.07, 6.45) is 4.20. The Bertz CT molecular complexity index is 940. The SMILES string of the molecule is CC(=C1CC1)c1cc2c(=O)n3cccc(C)c3nc2s1. The average Bonchev–Trinajstić information content (AvgIpc) is 3.19. The van der Waals surface area contributed by atoms with Crippen molar-refractivity contribution in [3.63, 3.8) is 0 Å². The number of allylic oxidation sites excluding steroid dienone is 2. The normalized spacial score (nSPS) is 14.2. The van der Waals surface area contributed by atoms with Crippen molar-refractivity contribution in [1.29, 1.82) is 0 Å². The van der Waals surface area contributed by atoms with E-state index < -0.39 is 0 Å². The van der Waals surface area contributed by atoms with Gasteiger partial charge in [-0.15, -0.1) is 11.3 Å². The molecule has 0 atom stereocenters. The van der Waals surface area contributed by atoms with Gasteiger partial charge in [-0.25, -0.2) is 4.98 Å². The first kappa shape index (κ1) is 11.9. The second-order valence-electron chi connectivity index (χ2n) is 5.36. The maximum absolute atomic E-state index is 12.6. The van der Waals surface area contributed by atoms with E-state index in [0.29, 0.717) is 0 Å². The number of aryl methyl sites for hydroxylation is 1. The molecule has 0 saturated heterocycles. The standard InChI is InChI=1S/C16H14N2OS/c1-9-4-3-7-18-14(9)17-15-12(16(18)19)8-13(20-15)10(2)11-5-6-11/h3-4,7-8H,5-6H2,1-2H3. The Morgan fingerprint density at radius 3 is 2.95 bits per heavy atom. The third kappa shape index (κ3) is 1.64. The quantitative estimate of drug-likeness (QED) is 0.680. The Morgan fingerprint density at radius 2 is 2.20 bits per heavy atom. The lowest BCUT2D eigenvalue weighted by Crippen LogP contribution is -2.14. The zero-order chi connectivity index (χ0) is 13.9. The van der Waals surface area contributed by atoms with Crippen LogP contribution in [0, 0.1) is 6.92 Å². The van der Waals surface area contributed by atoms with Crippen LogP contribution < -0.4 is 5.56 Å². The number of rotatable bonds is 1. The molecule has 0 radical (unpaired) electrons. The molecule has 100 valence electrons. The van der Waals surface area contributed by atoms with Crippen LogP contribution in [0.2, 0.25) is 0 Å². The maximum Gasteiger partial charge on any atom is 0.266 e. The third-order valence-electron chi connectivity index (χ3n) is 3.93. The molecule has 0 bridgehead atoms. The molecule has 4 rings (SSSR count). The number of pyridine rings is 1. The largest absolute Gasteiger partial charge is 0.268 e. The summed E-state index contributed by atoms with van der Waals surface area (Å²) < 4.78 is 1.65. The zero-order valence-corrected chi connectivity index (χ0v) is 12.3. The lowest BCUT2D eigenvalue weighted by Gasteiger charge is -2.02. The zero-order valence-electron chi connectivity index (χ0n) is 11.4. The van der Waals surface area contributed by atoms with Crippen LogP contribution in [0.4, 0.5) is 0 Å². The number of nitrogens with zero attached hydrogens (tertiary/aromatic N) is 2. The highest BCUT2D eigenvalue weighted by Gasteiger charge is 2.18. The van der Waals surface area contributed by atoms with Crippen molar-refractivity contribution in [1.82, 2.24) is 9.38 Å². The van der Waals surface area contributed by atoms with Crippen LogP contribution in [0.15, 0.2) is 34.8 Å². The van der Waals surface area contributed by atoms with E-state index in [4.69, 9.17) is 0 Å². The number of aromatic nitrogens is 2. The molecular weight excluding hydrogens is 268 g/mol. The first-order valence-corrected chi connectivity index (χ1v) is 7.57. The fraction of sp³-hybridized carbons (Fsp3) is 0.250. The predicted octanol–water partition coefficient (Wildman–Crippen LogP) is 3.78. The molecule has 3 nitrogen and oxygen atoms in total. The van der Waals surface area contributed by atoms with Gasteiger partial charge in [0.15, 0.2) is 0 Å². The maximum atomic E-state index is 12.6. The van der Waals surface area contributed by atoms with Gasteiger partial charge in [0.25, 0.3) is 5.56 Å². The van der Waals surface area contributed by atoms with Crippen molar-refractivity contribution in [2.45, 2.75) is 26.7 Å². The minimum Gasteiger partial charge on any atom is -0.268 e. The van der Waals surface area contributed by atoms with Gasteiger partial charge in [-0.1, -0.05) is 11.6 Å². The lowest BCUT2D eigenvalue weighted by atomic mass is 10.2. The molecule has 0 aliphatic heterocycles. The van der Waals surface area contributed by atoms with Gasteiger partial charge in [0.1, 0.15) is 10.5 Å². The molecule has 1 saturated carbocycles. The summed E-state index contributed by atoms with van der Waals surface area (Å²) in [5.41, 5.74) is 4.66. The second kappa shape index (κ2) is 4.03. The third-order valence-corrected chi connectivity index (χ3v) is 5.08. The van der Waals surface area contributed by atoms with Crippen LogP contribution in [0.3, 0.4) is 0 Å².